The predicted molar refractivity (Wildman–Crippen MR) is 126 cm³/mol. The monoisotopic (exact) mass is 520 g/mol. The number of nitriles is 1. The third-order valence-electron chi connectivity index (χ3n) is 6.95. The Kier molecular flexibility index (Phi) is 5.87. The number of hydrogen-bond acceptors (Lipinski definition) is 7. The number of aromatic nitrogens is 3. The zero-order valence-electron chi connectivity index (χ0n) is 19.7. The van der Waals surface area contributed by atoms with E-state index in [9.17, 15) is 22.0 Å². The van der Waals surface area contributed by atoms with Crippen LogP contribution >= 0.6 is 0 Å². The van der Waals surface area contributed by atoms with E-state index in [4.69, 9.17) is 5.26 Å². The lowest BCUT2D eigenvalue weighted by molar-refractivity contribution is -0.130. The quantitative estimate of drug-likeness (QED) is 0.615. The van der Waals surface area contributed by atoms with Gasteiger partial charge in [-0.25, -0.2) is 18.7 Å². The molecule has 1 aliphatic carbocycles. The first-order valence-electron chi connectivity index (χ1n) is 11.6. The number of allylic oxidation sites excluding steroid dienone is 1. The fraction of sp³-hybridized carbons (Fsp3) is 0.545. The number of halogens is 2. The van der Waals surface area contributed by atoms with Gasteiger partial charge in [-0.15, -0.1) is 0 Å². The third kappa shape index (κ3) is 4.26. The molecule has 2 aromatic heterocycles. The summed E-state index contributed by atoms with van der Waals surface area (Å²) < 4.78 is 57.8. The van der Waals surface area contributed by atoms with Crippen molar-refractivity contribution in [3.8, 4) is 6.07 Å². The van der Waals surface area contributed by atoms with Crippen LogP contribution in [0.5, 0.6) is 0 Å². The van der Waals surface area contributed by atoms with Gasteiger partial charge in [-0.3, -0.25) is 9.10 Å². The first-order valence-corrected chi connectivity index (χ1v) is 13.0. The van der Waals surface area contributed by atoms with Crippen molar-refractivity contribution >= 4 is 33.0 Å². The largest absolute Gasteiger partial charge is 0.353 e. The van der Waals surface area contributed by atoms with Crippen molar-refractivity contribution in [1.29, 1.82) is 5.26 Å². The van der Waals surface area contributed by atoms with E-state index >= 15 is 0 Å². The SMILES string of the molecule is CN(/C=C1\CC(F)(F)CN1C(=O)CCC#N)S(=O)(=O)N1CCN(c2ncnc3[nH]ccc23)CC12CC2. The maximum Gasteiger partial charge on any atom is 0.304 e. The summed E-state index contributed by atoms with van der Waals surface area (Å²) in [6, 6.07) is 3.71. The molecule has 14 heteroatoms. The smallest absolute Gasteiger partial charge is 0.304 e. The second kappa shape index (κ2) is 8.67. The predicted octanol–water partition coefficient (Wildman–Crippen LogP) is 1.80. The summed E-state index contributed by atoms with van der Waals surface area (Å²) in [4.78, 5) is 27.0. The fourth-order valence-electron chi connectivity index (χ4n) is 5.01. The molecule has 2 saturated heterocycles. The maximum absolute atomic E-state index is 14.2. The average molecular weight is 521 g/mol. The molecule has 0 radical (unpaired) electrons. The van der Waals surface area contributed by atoms with Gasteiger partial charge in [-0.1, -0.05) is 0 Å². The lowest BCUT2D eigenvalue weighted by atomic mass is 10.2. The highest BCUT2D eigenvalue weighted by atomic mass is 32.2. The van der Waals surface area contributed by atoms with Crippen molar-refractivity contribution in [3.05, 3.63) is 30.5 Å². The molecule has 192 valence electrons. The number of fused-ring (bicyclic) bond motifs is 1. The number of nitrogens with one attached hydrogen (secondary N) is 1. The number of likely N-dealkylation sites (tertiary alicyclic amines) is 1. The lowest BCUT2D eigenvalue weighted by Gasteiger charge is -2.42. The summed E-state index contributed by atoms with van der Waals surface area (Å²) in [5.41, 5.74) is 0.0149. The number of alkyl halides is 2. The molecule has 0 aromatic carbocycles. The molecule has 11 nitrogen and oxygen atoms in total. The van der Waals surface area contributed by atoms with Gasteiger partial charge in [0.25, 0.3) is 5.92 Å². The number of amides is 1. The fourth-order valence-corrected chi connectivity index (χ4v) is 6.62. The van der Waals surface area contributed by atoms with Crippen LogP contribution in [0, 0.1) is 11.3 Å². The van der Waals surface area contributed by atoms with Gasteiger partial charge in [-0.05, 0) is 18.9 Å². The molecule has 0 atom stereocenters. The Hall–Kier alpha value is -3.31. The Morgan fingerprint density at radius 3 is 2.81 bits per heavy atom. The highest BCUT2D eigenvalue weighted by molar-refractivity contribution is 7.86. The van der Waals surface area contributed by atoms with Gasteiger partial charge in [0.1, 0.15) is 17.8 Å². The molecule has 2 aromatic rings. The summed E-state index contributed by atoms with van der Waals surface area (Å²) in [6.07, 6.45) is 4.65. The Bertz CT molecular complexity index is 1360. The molecule has 0 bridgehead atoms. The van der Waals surface area contributed by atoms with Crippen molar-refractivity contribution in [2.45, 2.75) is 43.6 Å². The van der Waals surface area contributed by atoms with Crippen LogP contribution < -0.4 is 4.90 Å². The molecule has 3 aliphatic rings. The number of nitrogens with zero attached hydrogens (tertiary/aromatic N) is 7. The molecule has 4 heterocycles. The average Bonchev–Trinajstić information content (AvgIpc) is 3.27. The van der Waals surface area contributed by atoms with Gasteiger partial charge in [-0.2, -0.15) is 18.0 Å². The number of aromatic amines is 1. The summed E-state index contributed by atoms with van der Waals surface area (Å²) in [5, 5.41) is 9.58. The molecular formula is C22H26F2N8O3S. The number of H-pyrrole nitrogens is 1. The van der Waals surface area contributed by atoms with E-state index in [2.05, 4.69) is 19.9 Å². The summed E-state index contributed by atoms with van der Waals surface area (Å²) in [6.45, 7) is 0.225. The Morgan fingerprint density at radius 2 is 2.08 bits per heavy atom. The third-order valence-corrected chi connectivity index (χ3v) is 8.91. The number of piperazine rings is 1. The first kappa shape index (κ1) is 24.4. The Morgan fingerprint density at radius 1 is 1.31 bits per heavy atom. The van der Waals surface area contributed by atoms with Crippen molar-refractivity contribution in [2.75, 3.05) is 38.1 Å². The number of hydrogen-bond donors (Lipinski definition) is 1. The molecule has 1 saturated carbocycles. The molecule has 0 unspecified atom stereocenters. The highest BCUT2D eigenvalue weighted by Gasteiger charge is 2.57. The number of carbonyl (C=O) groups excluding carboxylic acids is 1. The van der Waals surface area contributed by atoms with Crippen LogP contribution in [0.15, 0.2) is 30.5 Å². The van der Waals surface area contributed by atoms with Gasteiger partial charge in [0.05, 0.1) is 30.0 Å². The second-order valence-electron chi connectivity index (χ2n) is 9.47. The van der Waals surface area contributed by atoms with Crippen LogP contribution in [-0.2, 0) is 15.0 Å². The van der Waals surface area contributed by atoms with Crippen molar-refractivity contribution in [1.82, 2.24) is 28.5 Å². The second-order valence-corrected chi connectivity index (χ2v) is 11.4. The van der Waals surface area contributed by atoms with Crippen LogP contribution in [0.25, 0.3) is 11.0 Å². The van der Waals surface area contributed by atoms with Crippen LogP contribution in [0.2, 0.25) is 0 Å². The van der Waals surface area contributed by atoms with E-state index in [-0.39, 0.29) is 25.1 Å². The van der Waals surface area contributed by atoms with E-state index in [0.717, 1.165) is 26.6 Å². The molecule has 1 spiro atoms. The van der Waals surface area contributed by atoms with E-state index in [1.54, 1.807) is 6.20 Å². The van der Waals surface area contributed by atoms with E-state index in [1.807, 2.05) is 12.1 Å². The maximum atomic E-state index is 14.2. The number of rotatable bonds is 6. The van der Waals surface area contributed by atoms with Gasteiger partial charge >= 0.3 is 10.2 Å². The topological polar surface area (TPSA) is 130 Å². The minimum atomic E-state index is -4.05. The highest BCUT2D eigenvalue weighted by Crippen LogP contribution is 2.47. The normalized spacial score (nSPS) is 22.3. The Labute approximate surface area is 207 Å². The summed E-state index contributed by atoms with van der Waals surface area (Å²) in [5.74, 6) is -3.05. The minimum Gasteiger partial charge on any atom is -0.353 e. The molecule has 3 fully saturated rings. The summed E-state index contributed by atoms with van der Waals surface area (Å²) in [7, 11) is -2.75. The van der Waals surface area contributed by atoms with E-state index < -0.39 is 40.5 Å². The van der Waals surface area contributed by atoms with Crippen LogP contribution in [0.1, 0.15) is 32.1 Å². The number of carbonyl (C=O) groups is 1. The molecular weight excluding hydrogens is 494 g/mol. The standard InChI is InChI=1S/C22H26F2N8O3S/c1-29(12-16-11-22(23,24)14-31(16)18(33)3-2-7-25)36(34,35)32-10-9-30(13-21(32)5-6-21)20-17-4-8-26-19(17)27-15-28-20/h4,8,12,15H,2-3,5-6,9-11,13-14H2,1H3,(H,26,27,28)/b16-12+. The zero-order valence-corrected chi connectivity index (χ0v) is 20.5. The molecule has 1 N–H and O–H groups in total. The molecule has 5 rings (SSSR count). The van der Waals surface area contributed by atoms with Crippen LogP contribution in [0.3, 0.4) is 0 Å². The zero-order chi connectivity index (χ0) is 25.7. The van der Waals surface area contributed by atoms with Crippen molar-refractivity contribution in [2.24, 2.45) is 0 Å². The van der Waals surface area contributed by atoms with E-state index in [0.29, 0.717) is 31.6 Å². The van der Waals surface area contributed by atoms with Gasteiger partial charge in [0, 0.05) is 57.6 Å². The first-order chi connectivity index (χ1) is 17.1. The minimum absolute atomic E-state index is 0.0756. The molecule has 2 aliphatic heterocycles. The van der Waals surface area contributed by atoms with Crippen LogP contribution in [-0.4, -0.2) is 87.5 Å². The van der Waals surface area contributed by atoms with Crippen molar-refractivity contribution < 1.29 is 22.0 Å². The van der Waals surface area contributed by atoms with E-state index in [1.165, 1.54) is 17.7 Å². The Balaban J connectivity index is 1.36. The van der Waals surface area contributed by atoms with Gasteiger partial charge < -0.3 is 14.8 Å². The van der Waals surface area contributed by atoms with Gasteiger partial charge in [0.15, 0.2) is 0 Å². The number of anilines is 1. The molecule has 36 heavy (non-hydrogen) atoms. The molecule has 1 amide bonds. The lowest BCUT2D eigenvalue weighted by Crippen LogP contribution is -2.59. The summed E-state index contributed by atoms with van der Waals surface area (Å²) >= 11 is 0. The van der Waals surface area contributed by atoms with Crippen molar-refractivity contribution in [3.63, 3.8) is 0 Å². The van der Waals surface area contributed by atoms with Gasteiger partial charge in [0.2, 0.25) is 5.91 Å². The van der Waals surface area contributed by atoms with Crippen LogP contribution in [0.4, 0.5) is 14.6 Å².